The van der Waals surface area contributed by atoms with Crippen molar-refractivity contribution in [2.75, 3.05) is 0 Å². The fourth-order valence-electron chi connectivity index (χ4n) is 0.943. The first-order chi connectivity index (χ1) is 5.43. The van der Waals surface area contributed by atoms with Gasteiger partial charge < -0.3 is 0 Å². The average molecular weight is 251 g/mol. The molecule has 0 aromatic heterocycles. The fourth-order valence-corrected chi connectivity index (χ4v) is 2.81. The highest BCUT2D eigenvalue weighted by Gasteiger charge is 2.15. The third kappa shape index (κ3) is 1.85. The first-order valence-electron chi connectivity index (χ1n) is 3.15. The Labute approximate surface area is 79.3 Å². The molecular formula is C7H7BrO3S. The predicted octanol–water partition coefficient (Wildman–Crippen LogP) is 2.00. The lowest BCUT2D eigenvalue weighted by Crippen LogP contribution is -2.01. The predicted molar refractivity (Wildman–Crippen MR) is 48.7 cm³/mol. The van der Waals surface area contributed by atoms with Crippen molar-refractivity contribution in [3.8, 4) is 0 Å². The van der Waals surface area contributed by atoms with E-state index in [9.17, 15) is 8.42 Å². The molecule has 1 aromatic carbocycles. The summed E-state index contributed by atoms with van der Waals surface area (Å²) < 4.78 is 30.8. The van der Waals surface area contributed by atoms with Crippen LogP contribution >= 0.6 is 15.9 Å². The number of aryl methyl sites for hydroxylation is 1. The van der Waals surface area contributed by atoms with Crippen LogP contribution in [0.1, 0.15) is 5.56 Å². The molecule has 0 aliphatic carbocycles. The molecule has 0 atom stereocenters. The molecule has 0 spiro atoms. The van der Waals surface area contributed by atoms with Crippen LogP contribution in [-0.4, -0.2) is 13.0 Å². The lowest BCUT2D eigenvalue weighted by Gasteiger charge is -2.03. The molecule has 0 bridgehead atoms. The maximum absolute atomic E-state index is 10.8. The van der Waals surface area contributed by atoms with E-state index in [1.54, 1.807) is 25.1 Å². The summed E-state index contributed by atoms with van der Waals surface area (Å²) in [5.41, 5.74) is 0.520. The minimum atomic E-state index is -4.11. The number of halogens is 1. The second-order valence-corrected chi connectivity index (χ2v) is 4.57. The molecule has 1 rings (SSSR count). The maximum Gasteiger partial charge on any atom is 0.295 e. The summed E-state index contributed by atoms with van der Waals surface area (Å²) in [7, 11) is -4.11. The number of benzene rings is 1. The molecule has 0 amide bonds. The van der Waals surface area contributed by atoms with E-state index in [1.807, 2.05) is 0 Å². The first kappa shape index (κ1) is 9.70. The van der Waals surface area contributed by atoms with E-state index in [4.69, 9.17) is 4.55 Å². The van der Waals surface area contributed by atoms with Crippen molar-refractivity contribution in [2.24, 2.45) is 0 Å². The molecular weight excluding hydrogens is 244 g/mol. The molecule has 0 aliphatic heterocycles. The van der Waals surface area contributed by atoms with Gasteiger partial charge in [0.15, 0.2) is 0 Å². The van der Waals surface area contributed by atoms with Crippen molar-refractivity contribution in [3.63, 3.8) is 0 Å². The van der Waals surface area contributed by atoms with Crippen LogP contribution in [0.5, 0.6) is 0 Å². The second-order valence-electron chi connectivity index (χ2n) is 2.36. The molecule has 0 unspecified atom stereocenters. The molecule has 0 heterocycles. The monoisotopic (exact) mass is 250 g/mol. The van der Waals surface area contributed by atoms with Crippen molar-refractivity contribution in [1.29, 1.82) is 0 Å². The highest BCUT2D eigenvalue weighted by Crippen LogP contribution is 2.24. The molecule has 66 valence electrons. The third-order valence-electron chi connectivity index (χ3n) is 1.42. The summed E-state index contributed by atoms with van der Waals surface area (Å²) in [5.74, 6) is 0. The maximum atomic E-state index is 10.8. The quantitative estimate of drug-likeness (QED) is 0.776. The van der Waals surface area contributed by atoms with Gasteiger partial charge in [0, 0.05) is 4.47 Å². The summed E-state index contributed by atoms with van der Waals surface area (Å²) in [5, 5.41) is 0. The van der Waals surface area contributed by atoms with Crippen molar-refractivity contribution in [2.45, 2.75) is 11.8 Å². The van der Waals surface area contributed by atoms with E-state index in [2.05, 4.69) is 15.9 Å². The Hall–Kier alpha value is -0.390. The van der Waals surface area contributed by atoms with Gasteiger partial charge in [-0.1, -0.05) is 12.1 Å². The molecule has 0 saturated heterocycles. The van der Waals surface area contributed by atoms with Gasteiger partial charge in [-0.15, -0.1) is 0 Å². The normalized spacial score (nSPS) is 11.6. The zero-order valence-electron chi connectivity index (χ0n) is 6.28. The van der Waals surface area contributed by atoms with E-state index in [-0.39, 0.29) is 4.90 Å². The van der Waals surface area contributed by atoms with Gasteiger partial charge in [-0.2, -0.15) is 8.42 Å². The van der Waals surface area contributed by atoms with Crippen molar-refractivity contribution in [1.82, 2.24) is 0 Å². The molecule has 1 N–H and O–H groups in total. The van der Waals surface area contributed by atoms with E-state index in [0.717, 1.165) is 0 Å². The second kappa shape index (κ2) is 3.16. The number of rotatable bonds is 1. The molecule has 0 aliphatic rings. The van der Waals surface area contributed by atoms with Crippen LogP contribution in [0, 0.1) is 6.92 Å². The molecule has 0 fully saturated rings. The third-order valence-corrected chi connectivity index (χ3v) is 3.40. The Balaban J connectivity index is 3.53. The van der Waals surface area contributed by atoms with Crippen LogP contribution in [0.3, 0.4) is 0 Å². The van der Waals surface area contributed by atoms with Crippen molar-refractivity contribution in [3.05, 3.63) is 28.2 Å². The highest BCUT2D eigenvalue weighted by molar-refractivity contribution is 9.10. The van der Waals surface area contributed by atoms with Crippen LogP contribution in [0.25, 0.3) is 0 Å². The van der Waals surface area contributed by atoms with Crippen molar-refractivity contribution >= 4 is 26.0 Å². The van der Waals surface area contributed by atoms with Crippen LogP contribution in [-0.2, 0) is 10.1 Å². The van der Waals surface area contributed by atoms with Gasteiger partial charge >= 0.3 is 0 Å². The largest absolute Gasteiger partial charge is 0.295 e. The zero-order chi connectivity index (χ0) is 9.35. The molecule has 0 saturated carbocycles. The summed E-state index contributed by atoms with van der Waals surface area (Å²) in [6.07, 6.45) is 0. The Bertz CT molecular complexity index is 377. The Morgan fingerprint density at radius 1 is 1.42 bits per heavy atom. The topological polar surface area (TPSA) is 54.4 Å². The highest BCUT2D eigenvalue weighted by atomic mass is 79.9. The van der Waals surface area contributed by atoms with Gasteiger partial charge in [0.05, 0.1) is 0 Å². The number of hydrogen-bond donors (Lipinski definition) is 1. The Morgan fingerprint density at radius 3 is 2.33 bits per heavy atom. The zero-order valence-corrected chi connectivity index (χ0v) is 8.68. The SMILES string of the molecule is Cc1cccc(Br)c1S(=O)(=O)O. The molecule has 3 nitrogen and oxygen atoms in total. The van der Waals surface area contributed by atoms with Crippen LogP contribution < -0.4 is 0 Å². The van der Waals surface area contributed by atoms with E-state index < -0.39 is 10.1 Å². The molecule has 12 heavy (non-hydrogen) atoms. The lowest BCUT2D eigenvalue weighted by atomic mass is 10.2. The minimum absolute atomic E-state index is 0.0648. The average Bonchev–Trinajstić information content (AvgIpc) is 1.82. The Kier molecular flexibility index (Phi) is 2.55. The van der Waals surface area contributed by atoms with E-state index in [1.165, 1.54) is 0 Å². The van der Waals surface area contributed by atoms with Gasteiger partial charge in [-0.25, -0.2) is 0 Å². The minimum Gasteiger partial charge on any atom is -0.282 e. The summed E-state index contributed by atoms with van der Waals surface area (Å²) >= 11 is 3.04. The van der Waals surface area contributed by atoms with Gasteiger partial charge in [-0.3, -0.25) is 4.55 Å². The molecule has 5 heteroatoms. The summed E-state index contributed by atoms with van der Waals surface area (Å²) in [4.78, 5) is -0.0648. The summed E-state index contributed by atoms with van der Waals surface area (Å²) in [6, 6.07) is 4.89. The first-order valence-corrected chi connectivity index (χ1v) is 5.39. The van der Waals surface area contributed by atoms with Crippen LogP contribution in [0.2, 0.25) is 0 Å². The standard InChI is InChI=1S/C7H7BrO3S/c1-5-3-2-4-6(8)7(5)12(9,10)11/h2-4H,1H3,(H,9,10,11). The van der Waals surface area contributed by atoms with Gasteiger partial charge in [0.1, 0.15) is 4.90 Å². The summed E-state index contributed by atoms with van der Waals surface area (Å²) in [6.45, 7) is 1.62. The smallest absolute Gasteiger partial charge is 0.282 e. The van der Waals surface area contributed by atoms with Crippen LogP contribution in [0.4, 0.5) is 0 Å². The van der Waals surface area contributed by atoms with Gasteiger partial charge in [0.2, 0.25) is 0 Å². The lowest BCUT2D eigenvalue weighted by molar-refractivity contribution is 0.482. The van der Waals surface area contributed by atoms with Gasteiger partial charge in [0.25, 0.3) is 10.1 Å². The van der Waals surface area contributed by atoms with Crippen LogP contribution in [0.15, 0.2) is 27.6 Å². The van der Waals surface area contributed by atoms with E-state index >= 15 is 0 Å². The fraction of sp³-hybridized carbons (Fsp3) is 0.143. The van der Waals surface area contributed by atoms with Crippen molar-refractivity contribution < 1.29 is 13.0 Å². The molecule has 0 radical (unpaired) electrons. The number of hydrogen-bond acceptors (Lipinski definition) is 2. The Morgan fingerprint density at radius 2 is 2.00 bits per heavy atom. The van der Waals surface area contributed by atoms with E-state index in [0.29, 0.717) is 10.0 Å². The van der Waals surface area contributed by atoms with Gasteiger partial charge in [-0.05, 0) is 34.5 Å². The molecule has 1 aromatic rings.